The molecule has 1 aliphatic rings. The van der Waals surface area contributed by atoms with Gasteiger partial charge in [0.2, 0.25) is 10.0 Å². The number of rotatable bonds is 7. The lowest BCUT2D eigenvalue weighted by Gasteiger charge is -2.28. The smallest absolute Gasteiger partial charge is 0.258 e. The van der Waals surface area contributed by atoms with E-state index in [2.05, 4.69) is 10.3 Å². The van der Waals surface area contributed by atoms with E-state index in [0.717, 1.165) is 11.3 Å². The van der Waals surface area contributed by atoms with Crippen LogP contribution in [0.1, 0.15) is 16.8 Å². The van der Waals surface area contributed by atoms with E-state index in [0.29, 0.717) is 19.5 Å². The van der Waals surface area contributed by atoms with E-state index in [9.17, 15) is 13.2 Å². The van der Waals surface area contributed by atoms with Crippen LogP contribution < -0.4 is 10.1 Å². The lowest BCUT2D eigenvalue weighted by molar-refractivity contribution is -0.123. The van der Waals surface area contributed by atoms with Crippen molar-refractivity contribution in [2.24, 2.45) is 0 Å². The number of benzene rings is 2. The van der Waals surface area contributed by atoms with Crippen molar-refractivity contribution >= 4 is 27.5 Å². The van der Waals surface area contributed by atoms with Gasteiger partial charge in [-0.1, -0.05) is 41.9 Å². The predicted molar refractivity (Wildman–Crippen MR) is 121 cm³/mol. The second-order valence-electron chi connectivity index (χ2n) is 7.34. The molecule has 0 radical (unpaired) electrons. The molecule has 0 saturated heterocycles. The minimum Gasteiger partial charge on any atom is -0.482 e. The summed E-state index contributed by atoms with van der Waals surface area (Å²) in [4.78, 5) is 16.2. The summed E-state index contributed by atoms with van der Waals surface area (Å²) in [5.74, 6) is -0.0991. The molecule has 166 valence electrons. The van der Waals surface area contributed by atoms with E-state index in [1.807, 2.05) is 30.3 Å². The number of carbonyl (C=O) groups excluding carboxylic acids is 1. The number of pyridine rings is 1. The minimum absolute atomic E-state index is 0.0915. The molecule has 0 spiro atoms. The van der Waals surface area contributed by atoms with Gasteiger partial charge in [0.15, 0.2) is 6.61 Å². The Hall–Kier alpha value is -2.94. The molecule has 2 heterocycles. The van der Waals surface area contributed by atoms with Gasteiger partial charge in [-0.25, -0.2) is 8.42 Å². The summed E-state index contributed by atoms with van der Waals surface area (Å²) in [6.07, 6.45) is 2.31. The van der Waals surface area contributed by atoms with Crippen molar-refractivity contribution in [3.05, 3.63) is 88.7 Å². The van der Waals surface area contributed by atoms with Crippen molar-refractivity contribution in [3.8, 4) is 5.75 Å². The lowest BCUT2D eigenvalue weighted by Crippen LogP contribution is -2.35. The molecule has 0 bridgehead atoms. The molecule has 0 atom stereocenters. The Bertz CT molecular complexity index is 1220. The fourth-order valence-corrected chi connectivity index (χ4v) is 5.21. The summed E-state index contributed by atoms with van der Waals surface area (Å²) < 4.78 is 33.1. The zero-order chi connectivity index (χ0) is 22.6. The van der Waals surface area contributed by atoms with E-state index in [1.165, 1.54) is 28.1 Å². The van der Waals surface area contributed by atoms with Gasteiger partial charge in [0.25, 0.3) is 5.91 Å². The molecule has 0 fully saturated rings. The average Bonchev–Trinajstić information content (AvgIpc) is 2.82. The van der Waals surface area contributed by atoms with E-state index in [-0.39, 0.29) is 34.7 Å². The van der Waals surface area contributed by atoms with Crippen molar-refractivity contribution in [1.29, 1.82) is 0 Å². The zero-order valence-electron chi connectivity index (χ0n) is 17.2. The van der Waals surface area contributed by atoms with Crippen LogP contribution in [0.3, 0.4) is 0 Å². The fraction of sp³-hybridized carbons (Fsp3) is 0.217. The Balaban J connectivity index is 1.38. The molecule has 1 aromatic heterocycles. The lowest BCUT2D eigenvalue weighted by atomic mass is 10.0. The molecule has 32 heavy (non-hydrogen) atoms. The Morgan fingerprint density at radius 1 is 1.09 bits per heavy atom. The predicted octanol–water partition coefficient (Wildman–Crippen LogP) is 3.18. The average molecular weight is 472 g/mol. The fourth-order valence-electron chi connectivity index (χ4n) is 3.47. The summed E-state index contributed by atoms with van der Waals surface area (Å²) in [6, 6.07) is 17.5. The molecule has 0 aliphatic carbocycles. The highest BCUT2D eigenvalue weighted by molar-refractivity contribution is 7.89. The van der Waals surface area contributed by atoms with Crippen LogP contribution in [-0.4, -0.2) is 36.8 Å². The Morgan fingerprint density at radius 2 is 1.88 bits per heavy atom. The molecule has 0 saturated carbocycles. The van der Waals surface area contributed by atoms with Crippen LogP contribution in [0.2, 0.25) is 5.02 Å². The summed E-state index contributed by atoms with van der Waals surface area (Å²) in [6.45, 7) is 0.769. The monoisotopic (exact) mass is 471 g/mol. The van der Waals surface area contributed by atoms with Crippen molar-refractivity contribution < 1.29 is 17.9 Å². The molecule has 7 nitrogen and oxygen atoms in total. The number of hydrogen-bond acceptors (Lipinski definition) is 5. The highest BCUT2D eigenvalue weighted by atomic mass is 35.5. The van der Waals surface area contributed by atoms with Gasteiger partial charge in [-0.15, -0.1) is 0 Å². The van der Waals surface area contributed by atoms with Crippen molar-refractivity contribution in [2.75, 3.05) is 13.2 Å². The first-order valence-electron chi connectivity index (χ1n) is 10.1. The van der Waals surface area contributed by atoms with Gasteiger partial charge in [0, 0.05) is 19.3 Å². The molecule has 1 aliphatic heterocycles. The molecule has 9 heteroatoms. The maximum absolute atomic E-state index is 13.1. The first kappa shape index (κ1) is 22.3. The number of aromatic nitrogens is 1. The van der Waals surface area contributed by atoms with Crippen molar-refractivity contribution in [2.45, 2.75) is 24.4 Å². The van der Waals surface area contributed by atoms with Gasteiger partial charge in [-0.3, -0.25) is 9.78 Å². The van der Waals surface area contributed by atoms with Gasteiger partial charge in [-0.2, -0.15) is 4.31 Å². The SMILES string of the molecule is O=C(COc1ccc(S(=O)(=O)N2CCc3ccccc3C2)cc1Cl)NCc1ccccn1. The van der Waals surface area contributed by atoms with Crippen LogP contribution in [0.4, 0.5) is 0 Å². The number of sulfonamides is 1. The van der Waals surface area contributed by atoms with E-state index in [4.69, 9.17) is 16.3 Å². The third-order valence-electron chi connectivity index (χ3n) is 5.19. The Kier molecular flexibility index (Phi) is 6.74. The molecule has 1 N–H and O–H groups in total. The van der Waals surface area contributed by atoms with E-state index in [1.54, 1.807) is 18.3 Å². The normalized spacial score (nSPS) is 13.9. The number of nitrogens with one attached hydrogen (secondary N) is 1. The molecule has 1 amide bonds. The molecule has 2 aromatic carbocycles. The van der Waals surface area contributed by atoms with Crippen LogP contribution in [0.25, 0.3) is 0 Å². The van der Waals surface area contributed by atoms with Crippen LogP contribution in [0.15, 0.2) is 71.8 Å². The zero-order valence-corrected chi connectivity index (χ0v) is 18.8. The summed E-state index contributed by atoms with van der Waals surface area (Å²) in [5.41, 5.74) is 2.90. The number of ether oxygens (including phenoxy) is 1. The summed E-state index contributed by atoms with van der Waals surface area (Å²) in [5, 5.41) is 2.83. The van der Waals surface area contributed by atoms with Crippen molar-refractivity contribution in [3.63, 3.8) is 0 Å². The second kappa shape index (κ2) is 9.68. The topological polar surface area (TPSA) is 88.6 Å². The van der Waals surface area contributed by atoms with Crippen LogP contribution in [0, 0.1) is 0 Å². The first-order valence-corrected chi connectivity index (χ1v) is 11.9. The van der Waals surface area contributed by atoms with Gasteiger partial charge >= 0.3 is 0 Å². The Labute approximate surface area is 192 Å². The van der Waals surface area contributed by atoms with Crippen LogP contribution in [-0.2, 0) is 34.3 Å². The molecular weight excluding hydrogens is 450 g/mol. The molecular formula is C23H22ClN3O4S. The third kappa shape index (κ3) is 5.09. The van der Waals surface area contributed by atoms with Gasteiger partial charge < -0.3 is 10.1 Å². The molecule has 4 rings (SSSR count). The number of amides is 1. The maximum atomic E-state index is 13.1. The third-order valence-corrected chi connectivity index (χ3v) is 7.32. The number of hydrogen-bond donors (Lipinski definition) is 1. The number of nitrogens with zero attached hydrogens (tertiary/aromatic N) is 2. The van der Waals surface area contributed by atoms with Gasteiger partial charge in [0.05, 0.1) is 22.2 Å². The van der Waals surface area contributed by atoms with Crippen LogP contribution in [0.5, 0.6) is 5.75 Å². The Morgan fingerprint density at radius 3 is 2.62 bits per heavy atom. The number of fused-ring (bicyclic) bond motifs is 1. The maximum Gasteiger partial charge on any atom is 0.258 e. The summed E-state index contributed by atoms with van der Waals surface area (Å²) >= 11 is 6.26. The number of carbonyl (C=O) groups is 1. The molecule has 3 aromatic rings. The second-order valence-corrected chi connectivity index (χ2v) is 9.68. The number of halogens is 1. The van der Waals surface area contributed by atoms with Crippen molar-refractivity contribution in [1.82, 2.24) is 14.6 Å². The summed E-state index contributed by atoms with van der Waals surface area (Å²) in [7, 11) is -3.71. The highest BCUT2D eigenvalue weighted by Crippen LogP contribution is 2.30. The van der Waals surface area contributed by atoms with Gasteiger partial charge in [-0.05, 0) is 47.9 Å². The molecule has 0 unspecified atom stereocenters. The van der Waals surface area contributed by atoms with E-state index >= 15 is 0 Å². The highest BCUT2D eigenvalue weighted by Gasteiger charge is 2.28. The standard InChI is InChI=1S/C23H22ClN3O4S/c24-21-13-20(32(29,30)27-12-10-17-5-1-2-6-18(17)15-27)8-9-22(21)31-16-23(28)26-14-19-7-3-4-11-25-19/h1-9,11,13H,10,12,14-16H2,(H,26,28). The van der Waals surface area contributed by atoms with Crippen LogP contribution >= 0.6 is 11.6 Å². The largest absolute Gasteiger partial charge is 0.482 e. The van der Waals surface area contributed by atoms with Gasteiger partial charge in [0.1, 0.15) is 5.75 Å². The first-order chi connectivity index (χ1) is 15.4. The van der Waals surface area contributed by atoms with E-state index < -0.39 is 10.0 Å². The quantitative estimate of drug-likeness (QED) is 0.571. The minimum atomic E-state index is -3.71.